The Morgan fingerprint density at radius 3 is 2.11 bits per heavy atom. The van der Waals surface area contributed by atoms with Gasteiger partial charge >= 0.3 is 0 Å². The number of fused-ring (bicyclic) bond motifs is 2. The summed E-state index contributed by atoms with van der Waals surface area (Å²) in [6.45, 7) is 3.94. The van der Waals surface area contributed by atoms with Crippen LogP contribution in [0.1, 0.15) is 43.0 Å². The molecule has 5 heteroatoms. The van der Waals surface area contributed by atoms with Gasteiger partial charge in [-0.05, 0) is 37.1 Å². The molecule has 0 radical (unpaired) electrons. The molecule has 4 rings (SSSR count). The number of benzene rings is 3. The lowest BCUT2D eigenvalue weighted by molar-refractivity contribution is 0.0977. The van der Waals surface area contributed by atoms with Gasteiger partial charge in [0.05, 0.1) is 16.8 Å². The van der Waals surface area contributed by atoms with Gasteiger partial charge in [-0.2, -0.15) is 0 Å². The van der Waals surface area contributed by atoms with Crippen molar-refractivity contribution in [3.05, 3.63) is 81.9 Å². The fourth-order valence-corrected chi connectivity index (χ4v) is 3.26. The van der Waals surface area contributed by atoms with Crippen molar-refractivity contribution in [3.8, 4) is 17.2 Å². The van der Waals surface area contributed by atoms with E-state index in [9.17, 15) is 14.7 Å². The number of phenols is 1. The van der Waals surface area contributed by atoms with E-state index >= 15 is 0 Å². The standard InChI is InChI=1S/C22H17NO4/c1-11-7-8-13(9-12(11)2)27-17-10-16(24)18-19(20(17)23)22(26)15-6-4-3-5-14(15)21(18)25/h3-10,24H,23H2,1-2H3. The number of aromatic hydroxyl groups is 1. The first kappa shape index (κ1) is 16.8. The molecule has 5 nitrogen and oxygen atoms in total. The maximum absolute atomic E-state index is 12.9. The molecule has 0 aromatic heterocycles. The molecule has 3 N–H and O–H groups in total. The Morgan fingerprint density at radius 2 is 1.48 bits per heavy atom. The van der Waals surface area contributed by atoms with Gasteiger partial charge in [0.2, 0.25) is 0 Å². The summed E-state index contributed by atoms with van der Waals surface area (Å²) in [7, 11) is 0. The highest BCUT2D eigenvalue weighted by molar-refractivity contribution is 6.31. The van der Waals surface area contributed by atoms with E-state index in [2.05, 4.69) is 0 Å². The van der Waals surface area contributed by atoms with Crippen LogP contribution in [0.25, 0.3) is 0 Å². The van der Waals surface area contributed by atoms with E-state index < -0.39 is 11.6 Å². The highest BCUT2D eigenvalue weighted by atomic mass is 16.5. The summed E-state index contributed by atoms with van der Waals surface area (Å²) in [4.78, 5) is 25.7. The Kier molecular flexibility index (Phi) is 3.73. The van der Waals surface area contributed by atoms with Crippen molar-refractivity contribution in [2.45, 2.75) is 13.8 Å². The molecular weight excluding hydrogens is 342 g/mol. The first-order valence-corrected chi connectivity index (χ1v) is 8.47. The van der Waals surface area contributed by atoms with Crippen LogP contribution >= 0.6 is 0 Å². The number of carbonyl (C=O) groups is 2. The third kappa shape index (κ3) is 2.56. The van der Waals surface area contributed by atoms with Crippen molar-refractivity contribution in [3.63, 3.8) is 0 Å². The number of hydrogen-bond acceptors (Lipinski definition) is 5. The van der Waals surface area contributed by atoms with E-state index in [0.717, 1.165) is 11.1 Å². The topological polar surface area (TPSA) is 89.6 Å². The van der Waals surface area contributed by atoms with Crippen LogP contribution in [-0.4, -0.2) is 16.7 Å². The van der Waals surface area contributed by atoms with E-state index in [1.165, 1.54) is 6.07 Å². The zero-order chi connectivity index (χ0) is 19.3. The third-order valence-corrected chi connectivity index (χ3v) is 4.89. The highest BCUT2D eigenvalue weighted by Gasteiger charge is 2.35. The number of anilines is 1. The second-order valence-corrected chi connectivity index (χ2v) is 6.61. The molecule has 27 heavy (non-hydrogen) atoms. The molecule has 0 atom stereocenters. The lowest BCUT2D eigenvalue weighted by Crippen LogP contribution is -2.22. The lowest BCUT2D eigenvalue weighted by Gasteiger charge is -2.21. The number of nitrogens with two attached hydrogens (primary N) is 1. The summed E-state index contributed by atoms with van der Waals surface area (Å²) >= 11 is 0. The number of aryl methyl sites for hydroxylation is 2. The first-order chi connectivity index (χ1) is 12.9. The predicted molar refractivity (Wildman–Crippen MR) is 102 cm³/mol. The van der Waals surface area contributed by atoms with Crippen LogP contribution in [0.4, 0.5) is 5.69 Å². The summed E-state index contributed by atoms with van der Waals surface area (Å²) < 4.78 is 5.81. The summed E-state index contributed by atoms with van der Waals surface area (Å²) in [5.74, 6) is -0.499. The second kappa shape index (κ2) is 5.99. The number of carbonyl (C=O) groups excluding carboxylic acids is 2. The Balaban J connectivity index is 1.86. The minimum Gasteiger partial charge on any atom is -0.507 e. The number of ketones is 2. The molecule has 0 bridgehead atoms. The summed E-state index contributed by atoms with van der Waals surface area (Å²) in [5, 5.41) is 10.4. The molecule has 0 amide bonds. The van der Waals surface area contributed by atoms with Crippen LogP contribution in [0.2, 0.25) is 0 Å². The molecule has 0 fully saturated rings. The molecule has 3 aromatic carbocycles. The van der Waals surface area contributed by atoms with Crippen molar-refractivity contribution in [1.29, 1.82) is 0 Å². The Bertz CT molecular complexity index is 1130. The molecule has 0 saturated carbocycles. The molecule has 0 aliphatic heterocycles. The van der Waals surface area contributed by atoms with Gasteiger partial charge in [0.1, 0.15) is 11.5 Å². The van der Waals surface area contributed by atoms with E-state index in [4.69, 9.17) is 10.5 Å². The van der Waals surface area contributed by atoms with E-state index in [0.29, 0.717) is 5.75 Å². The van der Waals surface area contributed by atoms with Crippen LogP contribution < -0.4 is 10.5 Å². The molecular formula is C22H17NO4. The van der Waals surface area contributed by atoms with E-state index in [1.54, 1.807) is 30.3 Å². The number of hydrogen-bond donors (Lipinski definition) is 2. The Hall–Kier alpha value is -3.60. The van der Waals surface area contributed by atoms with Crippen LogP contribution in [-0.2, 0) is 0 Å². The largest absolute Gasteiger partial charge is 0.507 e. The zero-order valence-electron chi connectivity index (χ0n) is 14.9. The molecule has 0 heterocycles. The van der Waals surface area contributed by atoms with Gasteiger partial charge < -0.3 is 15.6 Å². The Labute approximate surface area is 156 Å². The number of phenolic OH excluding ortho intramolecular Hbond substituents is 1. The van der Waals surface area contributed by atoms with Crippen LogP contribution in [0.5, 0.6) is 17.2 Å². The molecule has 134 valence electrons. The van der Waals surface area contributed by atoms with E-state index in [-0.39, 0.29) is 39.4 Å². The average molecular weight is 359 g/mol. The van der Waals surface area contributed by atoms with Gasteiger partial charge in [0.15, 0.2) is 17.3 Å². The van der Waals surface area contributed by atoms with Crippen molar-refractivity contribution < 1.29 is 19.4 Å². The minimum absolute atomic E-state index is 0.0162. The third-order valence-electron chi connectivity index (χ3n) is 4.89. The van der Waals surface area contributed by atoms with E-state index in [1.807, 2.05) is 26.0 Å². The maximum atomic E-state index is 12.9. The normalized spacial score (nSPS) is 12.5. The van der Waals surface area contributed by atoms with Gasteiger partial charge in [-0.25, -0.2) is 0 Å². The maximum Gasteiger partial charge on any atom is 0.198 e. The van der Waals surface area contributed by atoms with Crippen LogP contribution in [0.15, 0.2) is 48.5 Å². The molecule has 0 saturated heterocycles. The Morgan fingerprint density at radius 1 is 0.852 bits per heavy atom. The lowest BCUT2D eigenvalue weighted by atomic mass is 9.82. The molecule has 1 aliphatic rings. The summed E-state index contributed by atoms with van der Waals surface area (Å²) in [6.07, 6.45) is 0. The van der Waals surface area contributed by atoms with Crippen LogP contribution in [0, 0.1) is 13.8 Å². The smallest absolute Gasteiger partial charge is 0.198 e. The fraction of sp³-hybridized carbons (Fsp3) is 0.0909. The molecule has 0 spiro atoms. The molecule has 3 aromatic rings. The number of nitrogen functional groups attached to an aromatic ring is 1. The number of ether oxygens (including phenoxy) is 1. The first-order valence-electron chi connectivity index (χ1n) is 8.47. The van der Waals surface area contributed by atoms with Gasteiger partial charge in [-0.1, -0.05) is 30.3 Å². The SMILES string of the molecule is Cc1ccc(Oc2cc(O)c3c(c2N)C(=O)c2ccccc2C3=O)cc1C. The van der Waals surface area contributed by atoms with Crippen molar-refractivity contribution in [1.82, 2.24) is 0 Å². The van der Waals surface area contributed by atoms with Crippen molar-refractivity contribution >= 4 is 17.3 Å². The van der Waals surface area contributed by atoms with Gasteiger partial charge in [-0.15, -0.1) is 0 Å². The van der Waals surface area contributed by atoms with Gasteiger partial charge in [0.25, 0.3) is 0 Å². The molecule has 1 aliphatic carbocycles. The van der Waals surface area contributed by atoms with Gasteiger partial charge in [-0.3, -0.25) is 9.59 Å². The monoisotopic (exact) mass is 359 g/mol. The minimum atomic E-state index is -0.429. The average Bonchev–Trinajstić information content (AvgIpc) is 2.65. The van der Waals surface area contributed by atoms with Gasteiger partial charge in [0, 0.05) is 17.2 Å². The zero-order valence-corrected chi connectivity index (χ0v) is 14.9. The predicted octanol–water partition coefficient (Wildman–Crippen LogP) is 4.16. The van der Waals surface area contributed by atoms with Crippen LogP contribution in [0.3, 0.4) is 0 Å². The summed E-state index contributed by atoms with van der Waals surface area (Å²) in [5.41, 5.74) is 8.80. The fourth-order valence-electron chi connectivity index (χ4n) is 3.26. The summed E-state index contributed by atoms with van der Waals surface area (Å²) in [6, 6.07) is 13.3. The second-order valence-electron chi connectivity index (χ2n) is 6.61. The highest BCUT2D eigenvalue weighted by Crippen LogP contribution is 2.42. The van der Waals surface area contributed by atoms with Crippen molar-refractivity contribution in [2.75, 3.05) is 5.73 Å². The van der Waals surface area contributed by atoms with Crippen molar-refractivity contribution in [2.24, 2.45) is 0 Å². The molecule has 0 unspecified atom stereocenters. The quantitative estimate of drug-likeness (QED) is 0.414. The number of rotatable bonds is 2.